The van der Waals surface area contributed by atoms with Crippen LogP contribution in [0.25, 0.3) is 10.9 Å². The lowest BCUT2D eigenvalue weighted by Gasteiger charge is -2.30. The van der Waals surface area contributed by atoms with E-state index in [9.17, 15) is 22.8 Å². The van der Waals surface area contributed by atoms with Gasteiger partial charge in [0.2, 0.25) is 0 Å². The number of benzene rings is 1. The van der Waals surface area contributed by atoms with Crippen molar-refractivity contribution >= 4 is 28.4 Å². The van der Waals surface area contributed by atoms with Crippen molar-refractivity contribution in [3.05, 3.63) is 36.0 Å². The Hall–Kier alpha value is -2.64. The number of pyridine rings is 1. The molecular formula is C19H20F3N3O2. The third kappa shape index (κ3) is 4.37. The van der Waals surface area contributed by atoms with Crippen molar-refractivity contribution in [1.82, 2.24) is 10.3 Å². The number of anilines is 1. The first-order chi connectivity index (χ1) is 12.8. The summed E-state index contributed by atoms with van der Waals surface area (Å²) < 4.78 is 38.6. The van der Waals surface area contributed by atoms with Crippen molar-refractivity contribution < 1.29 is 22.8 Å². The molecule has 1 aromatic heterocycles. The predicted molar refractivity (Wildman–Crippen MR) is 95.1 cm³/mol. The second-order valence-corrected chi connectivity index (χ2v) is 6.86. The quantitative estimate of drug-likeness (QED) is 0.782. The molecule has 27 heavy (non-hydrogen) atoms. The molecule has 1 heterocycles. The number of nitrogens with one attached hydrogen (secondary N) is 2. The minimum atomic E-state index is -4.28. The molecule has 5 nitrogen and oxygen atoms in total. The van der Waals surface area contributed by atoms with Crippen LogP contribution in [0, 0.1) is 12.8 Å². The van der Waals surface area contributed by atoms with Gasteiger partial charge in [-0.25, -0.2) is 0 Å². The van der Waals surface area contributed by atoms with Gasteiger partial charge in [0.1, 0.15) is 0 Å². The number of nitrogens with zero attached hydrogens (tertiary/aromatic N) is 1. The Kier molecular flexibility index (Phi) is 5.34. The van der Waals surface area contributed by atoms with Gasteiger partial charge in [-0.1, -0.05) is 12.5 Å². The molecule has 0 saturated heterocycles. The average Bonchev–Trinajstić information content (AvgIpc) is 2.63. The summed E-state index contributed by atoms with van der Waals surface area (Å²) in [4.78, 5) is 28.6. The second kappa shape index (κ2) is 7.54. The van der Waals surface area contributed by atoms with E-state index in [4.69, 9.17) is 0 Å². The number of amides is 2. The maximum atomic E-state index is 12.9. The average molecular weight is 379 g/mol. The van der Waals surface area contributed by atoms with Gasteiger partial charge in [-0.3, -0.25) is 14.6 Å². The smallest absolute Gasteiger partial charge is 0.345 e. The van der Waals surface area contributed by atoms with E-state index >= 15 is 0 Å². The minimum absolute atomic E-state index is 0.0599. The number of alkyl halides is 3. The molecule has 0 unspecified atom stereocenters. The molecule has 2 aromatic rings. The van der Waals surface area contributed by atoms with Crippen LogP contribution in [0.2, 0.25) is 0 Å². The lowest BCUT2D eigenvalue weighted by atomic mass is 9.85. The summed E-state index contributed by atoms with van der Waals surface area (Å²) in [6, 6.07) is 6.29. The third-order valence-corrected chi connectivity index (χ3v) is 4.90. The number of carbonyl (C=O) groups is 2. The number of hydrogen-bond acceptors (Lipinski definition) is 3. The number of aryl methyl sites for hydroxylation is 1. The van der Waals surface area contributed by atoms with E-state index < -0.39 is 30.0 Å². The Morgan fingerprint density at radius 1 is 1.15 bits per heavy atom. The molecule has 2 N–H and O–H groups in total. The van der Waals surface area contributed by atoms with E-state index in [2.05, 4.69) is 15.6 Å². The molecule has 2 atom stereocenters. The first kappa shape index (κ1) is 19.1. The summed E-state index contributed by atoms with van der Waals surface area (Å²) in [5.41, 5.74) is 2.06. The summed E-state index contributed by atoms with van der Waals surface area (Å²) in [6.07, 6.45) is -1.98. The van der Waals surface area contributed by atoms with Crippen LogP contribution in [0.1, 0.15) is 31.2 Å². The fourth-order valence-electron chi connectivity index (χ4n) is 3.47. The van der Waals surface area contributed by atoms with E-state index in [1.54, 1.807) is 30.5 Å². The highest BCUT2D eigenvalue weighted by Gasteiger charge is 2.42. The summed E-state index contributed by atoms with van der Waals surface area (Å²) in [6.45, 7) is 1.88. The standard InChI is InChI=1S/C19H20F3N3O2/c1-11-7-8-15(14-6-3-9-23-16(11)14)25-18(27)17(26)24-13-5-2-4-12(10-13)19(20,21)22/h3,6-9,12-13H,2,4-5,10H2,1H3,(H,24,26)(H,25,27)/t12-,13+/m0/s1. The zero-order chi connectivity index (χ0) is 19.6. The maximum Gasteiger partial charge on any atom is 0.391 e. The highest BCUT2D eigenvalue weighted by atomic mass is 19.4. The molecule has 0 bridgehead atoms. The SMILES string of the molecule is Cc1ccc(NC(=O)C(=O)N[C@@H]2CCC[C@H](C(F)(F)F)C2)c2cccnc12. The number of carbonyl (C=O) groups excluding carboxylic acids is 2. The van der Waals surface area contributed by atoms with E-state index in [0.717, 1.165) is 5.56 Å². The van der Waals surface area contributed by atoms with Crippen molar-refractivity contribution in [2.24, 2.45) is 5.92 Å². The Labute approximate surface area is 154 Å². The van der Waals surface area contributed by atoms with Gasteiger partial charge < -0.3 is 10.6 Å². The molecule has 0 spiro atoms. The van der Waals surface area contributed by atoms with E-state index in [-0.39, 0.29) is 12.8 Å². The zero-order valence-electron chi connectivity index (χ0n) is 14.8. The lowest BCUT2D eigenvalue weighted by Crippen LogP contribution is -2.45. The number of fused-ring (bicyclic) bond motifs is 1. The van der Waals surface area contributed by atoms with Gasteiger partial charge >= 0.3 is 18.0 Å². The maximum absolute atomic E-state index is 12.9. The predicted octanol–water partition coefficient (Wildman–Crippen LogP) is 3.72. The van der Waals surface area contributed by atoms with Gasteiger partial charge in [-0.2, -0.15) is 13.2 Å². The topological polar surface area (TPSA) is 71.1 Å². The van der Waals surface area contributed by atoms with Gasteiger partial charge in [-0.15, -0.1) is 0 Å². The molecule has 8 heteroatoms. The van der Waals surface area contributed by atoms with Crippen molar-refractivity contribution in [1.29, 1.82) is 0 Å². The summed E-state index contributed by atoms with van der Waals surface area (Å²) in [7, 11) is 0. The van der Waals surface area contributed by atoms with Crippen molar-refractivity contribution in [3.8, 4) is 0 Å². The van der Waals surface area contributed by atoms with Crippen LogP contribution in [-0.4, -0.2) is 29.0 Å². The van der Waals surface area contributed by atoms with Gasteiger partial charge in [0.05, 0.1) is 17.1 Å². The highest BCUT2D eigenvalue weighted by molar-refractivity contribution is 6.40. The number of rotatable bonds is 2. The monoisotopic (exact) mass is 379 g/mol. The molecular weight excluding hydrogens is 359 g/mol. The van der Waals surface area contributed by atoms with Crippen LogP contribution < -0.4 is 10.6 Å². The van der Waals surface area contributed by atoms with Crippen LogP contribution in [0.3, 0.4) is 0 Å². The van der Waals surface area contributed by atoms with Gasteiger partial charge in [0, 0.05) is 17.6 Å². The highest BCUT2D eigenvalue weighted by Crippen LogP contribution is 2.37. The number of hydrogen-bond donors (Lipinski definition) is 2. The molecule has 3 rings (SSSR count). The molecule has 2 amide bonds. The number of halogens is 3. The largest absolute Gasteiger partial charge is 0.391 e. The van der Waals surface area contributed by atoms with E-state index in [1.165, 1.54) is 0 Å². The lowest BCUT2D eigenvalue weighted by molar-refractivity contribution is -0.184. The summed E-state index contributed by atoms with van der Waals surface area (Å²) in [5, 5.41) is 5.65. The first-order valence-corrected chi connectivity index (χ1v) is 8.78. The Bertz CT molecular complexity index is 867. The van der Waals surface area contributed by atoms with Gasteiger partial charge in [-0.05, 0) is 49.9 Å². The molecule has 1 fully saturated rings. The molecule has 1 aliphatic rings. The van der Waals surface area contributed by atoms with Crippen molar-refractivity contribution in [2.45, 2.75) is 44.8 Å². The van der Waals surface area contributed by atoms with E-state index in [1.807, 2.05) is 6.92 Å². The van der Waals surface area contributed by atoms with E-state index in [0.29, 0.717) is 29.4 Å². The molecule has 144 valence electrons. The first-order valence-electron chi connectivity index (χ1n) is 8.78. The fourth-order valence-corrected chi connectivity index (χ4v) is 3.47. The fraction of sp³-hybridized carbons (Fsp3) is 0.421. The molecule has 0 aliphatic heterocycles. The van der Waals surface area contributed by atoms with Crippen LogP contribution in [0.15, 0.2) is 30.5 Å². The molecule has 1 saturated carbocycles. The van der Waals surface area contributed by atoms with Crippen LogP contribution in [-0.2, 0) is 9.59 Å². The molecule has 1 aromatic carbocycles. The van der Waals surface area contributed by atoms with Crippen molar-refractivity contribution in [3.63, 3.8) is 0 Å². The normalized spacial score (nSPS) is 20.3. The molecule has 0 radical (unpaired) electrons. The number of aromatic nitrogens is 1. The van der Waals surface area contributed by atoms with Crippen LogP contribution in [0.4, 0.5) is 18.9 Å². The summed E-state index contributed by atoms with van der Waals surface area (Å²) >= 11 is 0. The van der Waals surface area contributed by atoms with Crippen LogP contribution >= 0.6 is 0 Å². The Morgan fingerprint density at radius 3 is 2.67 bits per heavy atom. The zero-order valence-corrected chi connectivity index (χ0v) is 14.8. The molecule has 1 aliphatic carbocycles. The van der Waals surface area contributed by atoms with Gasteiger partial charge in [0.15, 0.2) is 0 Å². The summed E-state index contributed by atoms with van der Waals surface area (Å²) in [5.74, 6) is -3.27. The van der Waals surface area contributed by atoms with Crippen LogP contribution in [0.5, 0.6) is 0 Å². The second-order valence-electron chi connectivity index (χ2n) is 6.86. The van der Waals surface area contributed by atoms with Crippen molar-refractivity contribution in [2.75, 3.05) is 5.32 Å². The van der Waals surface area contributed by atoms with Gasteiger partial charge in [0.25, 0.3) is 0 Å². The third-order valence-electron chi connectivity index (χ3n) is 4.90. The Balaban J connectivity index is 1.67. The Morgan fingerprint density at radius 2 is 1.93 bits per heavy atom. The minimum Gasteiger partial charge on any atom is -0.345 e.